The molecular formula is C19H32N4O2. The topological polar surface area (TPSA) is 50.7 Å². The van der Waals surface area contributed by atoms with Crippen molar-refractivity contribution in [3.8, 4) is 0 Å². The second-order valence-corrected chi connectivity index (χ2v) is 8.24. The van der Waals surface area contributed by atoms with E-state index in [4.69, 9.17) is 14.5 Å². The minimum atomic E-state index is -0.0667. The zero-order chi connectivity index (χ0) is 17.9. The van der Waals surface area contributed by atoms with Crippen LogP contribution in [0.15, 0.2) is 6.07 Å². The zero-order valence-corrected chi connectivity index (χ0v) is 16.1. The van der Waals surface area contributed by atoms with Gasteiger partial charge in [-0.25, -0.2) is 9.97 Å². The van der Waals surface area contributed by atoms with Gasteiger partial charge < -0.3 is 14.4 Å². The Morgan fingerprint density at radius 2 is 1.96 bits per heavy atom. The second kappa shape index (κ2) is 7.98. The summed E-state index contributed by atoms with van der Waals surface area (Å²) in [5, 5.41) is 0. The summed E-state index contributed by atoms with van der Waals surface area (Å²) in [5.74, 6) is 2.64. The van der Waals surface area contributed by atoms with Crippen LogP contribution in [0.3, 0.4) is 0 Å². The lowest BCUT2D eigenvalue weighted by Gasteiger charge is -2.36. The normalized spacial score (nSPS) is 22.6. The molecule has 6 nitrogen and oxygen atoms in total. The van der Waals surface area contributed by atoms with Crippen molar-refractivity contribution in [1.29, 1.82) is 0 Å². The van der Waals surface area contributed by atoms with Gasteiger partial charge in [-0.2, -0.15) is 0 Å². The molecule has 3 heterocycles. The third kappa shape index (κ3) is 4.90. The van der Waals surface area contributed by atoms with Gasteiger partial charge in [0.25, 0.3) is 0 Å². The van der Waals surface area contributed by atoms with E-state index in [0.29, 0.717) is 12.5 Å². The average molecular weight is 348 g/mol. The highest BCUT2D eigenvalue weighted by Gasteiger charge is 2.25. The van der Waals surface area contributed by atoms with Crippen LogP contribution in [-0.2, 0) is 21.5 Å². The molecule has 6 heteroatoms. The van der Waals surface area contributed by atoms with Gasteiger partial charge in [0.1, 0.15) is 11.6 Å². The molecule has 0 radical (unpaired) electrons. The Morgan fingerprint density at radius 3 is 2.56 bits per heavy atom. The van der Waals surface area contributed by atoms with Crippen molar-refractivity contribution in [2.24, 2.45) is 5.92 Å². The number of ether oxygens (including phenoxy) is 2. The van der Waals surface area contributed by atoms with Gasteiger partial charge in [0.15, 0.2) is 0 Å². The van der Waals surface area contributed by atoms with E-state index in [1.807, 2.05) is 0 Å². The summed E-state index contributed by atoms with van der Waals surface area (Å²) in [6, 6.07) is 2.08. The van der Waals surface area contributed by atoms with Gasteiger partial charge in [0, 0.05) is 57.9 Å². The third-order valence-corrected chi connectivity index (χ3v) is 4.97. The Balaban J connectivity index is 1.66. The smallest absolute Gasteiger partial charge is 0.136 e. The molecule has 0 N–H and O–H groups in total. The molecule has 1 aromatic heterocycles. The fourth-order valence-electron chi connectivity index (χ4n) is 3.45. The molecule has 1 aromatic rings. The molecule has 0 bridgehead atoms. The Hall–Kier alpha value is -1.24. The molecule has 0 aliphatic carbocycles. The molecule has 3 rings (SSSR count). The van der Waals surface area contributed by atoms with Crippen LogP contribution in [-0.4, -0.2) is 67.9 Å². The first-order valence-electron chi connectivity index (χ1n) is 9.38. The molecule has 25 heavy (non-hydrogen) atoms. The van der Waals surface area contributed by atoms with Crippen LogP contribution >= 0.6 is 0 Å². The average Bonchev–Trinajstić information content (AvgIpc) is 3.08. The SMILES string of the molecule is COCc1cc(N2CCN(C[C@@H]3CCOC3)CC2)nc(C(C)(C)C)n1. The molecule has 2 saturated heterocycles. The molecule has 2 aliphatic rings. The number of anilines is 1. The van der Waals surface area contributed by atoms with E-state index in [-0.39, 0.29) is 5.41 Å². The zero-order valence-electron chi connectivity index (χ0n) is 16.1. The van der Waals surface area contributed by atoms with Crippen molar-refractivity contribution in [1.82, 2.24) is 14.9 Å². The summed E-state index contributed by atoms with van der Waals surface area (Å²) in [6.45, 7) is 14.2. The van der Waals surface area contributed by atoms with Crippen molar-refractivity contribution in [3.63, 3.8) is 0 Å². The first-order chi connectivity index (χ1) is 12.0. The first-order valence-corrected chi connectivity index (χ1v) is 9.38. The van der Waals surface area contributed by atoms with Crippen molar-refractivity contribution >= 4 is 5.82 Å². The number of methoxy groups -OCH3 is 1. The molecule has 0 aromatic carbocycles. The predicted octanol–water partition coefficient (Wildman–Crippen LogP) is 2.08. The Bertz CT molecular complexity index is 559. The highest BCUT2D eigenvalue weighted by Crippen LogP contribution is 2.24. The highest BCUT2D eigenvalue weighted by molar-refractivity contribution is 5.41. The summed E-state index contributed by atoms with van der Waals surface area (Å²) in [4.78, 5) is 14.5. The number of hydrogen-bond donors (Lipinski definition) is 0. The lowest BCUT2D eigenvalue weighted by molar-refractivity contribution is 0.164. The lowest BCUT2D eigenvalue weighted by atomic mass is 9.95. The van der Waals surface area contributed by atoms with E-state index in [0.717, 1.165) is 56.7 Å². The lowest BCUT2D eigenvalue weighted by Crippen LogP contribution is -2.48. The predicted molar refractivity (Wildman–Crippen MR) is 99.0 cm³/mol. The van der Waals surface area contributed by atoms with Crippen LogP contribution < -0.4 is 4.90 Å². The standard InChI is InChI=1S/C19H32N4O2/c1-19(2,3)18-20-16(14-24-4)11-17(21-18)23-8-6-22(7-9-23)12-15-5-10-25-13-15/h11,15H,5-10,12-14H2,1-4H3/t15-/m0/s1. The molecule has 0 amide bonds. The molecular weight excluding hydrogens is 316 g/mol. The van der Waals surface area contributed by atoms with Crippen LogP contribution in [0.1, 0.15) is 38.7 Å². The van der Waals surface area contributed by atoms with E-state index in [9.17, 15) is 0 Å². The molecule has 0 unspecified atom stereocenters. The molecule has 2 fully saturated rings. The van der Waals surface area contributed by atoms with E-state index in [1.165, 1.54) is 13.0 Å². The largest absolute Gasteiger partial charge is 0.381 e. The van der Waals surface area contributed by atoms with Gasteiger partial charge in [0.2, 0.25) is 0 Å². The van der Waals surface area contributed by atoms with Crippen LogP contribution in [0.5, 0.6) is 0 Å². The summed E-state index contributed by atoms with van der Waals surface area (Å²) in [5.41, 5.74) is 0.894. The summed E-state index contributed by atoms with van der Waals surface area (Å²) < 4.78 is 10.8. The van der Waals surface area contributed by atoms with E-state index in [1.54, 1.807) is 7.11 Å². The number of hydrogen-bond acceptors (Lipinski definition) is 6. The highest BCUT2D eigenvalue weighted by atomic mass is 16.5. The monoisotopic (exact) mass is 348 g/mol. The minimum absolute atomic E-state index is 0.0667. The first kappa shape index (κ1) is 18.5. The van der Waals surface area contributed by atoms with Crippen molar-refractivity contribution in [2.45, 2.75) is 39.2 Å². The summed E-state index contributed by atoms with van der Waals surface area (Å²) in [6.07, 6.45) is 1.21. The van der Waals surface area contributed by atoms with Crippen LogP contribution in [0.2, 0.25) is 0 Å². The quantitative estimate of drug-likeness (QED) is 0.812. The van der Waals surface area contributed by atoms with Gasteiger partial charge in [0.05, 0.1) is 18.9 Å². The number of piperazine rings is 1. The number of rotatable bonds is 5. The van der Waals surface area contributed by atoms with E-state index < -0.39 is 0 Å². The second-order valence-electron chi connectivity index (χ2n) is 8.24. The van der Waals surface area contributed by atoms with E-state index >= 15 is 0 Å². The van der Waals surface area contributed by atoms with Gasteiger partial charge >= 0.3 is 0 Å². The molecule has 2 aliphatic heterocycles. The maximum atomic E-state index is 5.50. The van der Waals surface area contributed by atoms with Crippen molar-refractivity contribution in [2.75, 3.05) is 57.9 Å². The number of aromatic nitrogens is 2. The molecule has 0 saturated carbocycles. The van der Waals surface area contributed by atoms with Gasteiger partial charge in [-0.15, -0.1) is 0 Å². The van der Waals surface area contributed by atoms with Crippen LogP contribution in [0.4, 0.5) is 5.82 Å². The Morgan fingerprint density at radius 1 is 1.20 bits per heavy atom. The van der Waals surface area contributed by atoms with Crippen LogP contribution in [0.25, 0.3) is 0 Å². The van der Waals surface area contributed by atoms with Gasteiger partial charge in [-0.05, 0) is 12.3 Å². The fraction of sp³-hybridized carbons (Fsp3) is 0.789. The van der Waals surface area contributed by atoms with Crippen molar-refractivity contribution < 1.29 is 9.47 Å². The maximum absolute atomic E-state index is 5.50. The maximum Gasteiger partial charge on any atom is 0.136 e. The summed E-state index contributed by atoms with van der Waals surface area (Å²) >= 11 is 0. The number of nitrogens with zero attached hydrogens (tertiary/aromatic N) is 4. The Labute approximate surface area is 151 Å². The van der Waals surface area contributed by atoms with Crippen molar-refractivity contribution in [3.05, 3.63) is 17.6 Å². The van der Waals surface area contributed by atoms with Gasteiger partial charge in [-0.1, -0.05) is 20.8 Å². The fourth-order valence-corrected chi connectivity index (χ4v) is 3.45. The molecule has 140 valence electrons. The Kier molecular flexibility index (Phi) is 5.92. The third-order valence-electron chi connectivity index (χ3n) is 4.97. The summed E-state index contributed by atoms with van der Waals surface area (Å²) in [7, 11) is 1.71. The van der Waals surface area contributed by atoms with Gasteiger partial charge in [-0.3, -0.25) is 4.90 Å². The van der Waals surface area contributed by atoms with E-state index in [2.05, 4.69) is 41.6 Å². The molecule has 0 spiro atoms. The minimum Gasteiger partial charge on any atom is -0.381 e. The van der Waals surface area contributed by atoms with Crippen LogP contribution in [0, 0.1) is 5.92 Å². The molecule has 1 atom stereocenters.